The van der Waals surface area contributed by atoms with E-state index in [-0.39, 0.29) is 17.2 Å². The Morgan fingerprint density at radius 2 is 1.67 bits per heavy atom. The van der Waals surface area contributed by atoms with E-state index in [9.17, 15) is 14.7 Å². The van der Waals surface area contributed by atoms with Crippen LogP contribution in [0.3, 0.4) is 0 Å². The van der Waals surface area contributed by atoms with Crippen LogP contribution in [0.25, 0.3) is 0 Å². The quantitative estimate of drug-likeness (QED) is 0.0567. The molecule has 1 rings (SSSR count). The van der Waals surface area contributed by atoms with Gasteiger partial charge in [0.25, 0.3) is 5.91 Å². The van der Waals surface area contributed by atoms with Crippen LogP contribution in [0.2, 0.25) is 0 Å². The van der Waals surface area contributed by atoms with Crippen LogP contribution in [0.15, 0.2) is 47.4 Å². The van der Waals surface area contributed by atoms with Crippen molar-refractivity contribution < 1.29 is 14.7 Å². The number of aldehydes is 1. The molecule has 1 amide bonds. The number of para-hydroxylation sites is 1. The van der Waals surface area contributed by atoms with Gasteiger partial charge in [0.15, 0.2) is 6.29 Å². The molecule has 0 aromatic heterocycles. The monoisotopic (exact) mass is 454 g/mol. The molecule has 180 valence electrons. The Labute approximate surface area is 198 Å². The minimum atomic E-state index is -0.0470. The summed E-state index contributed by atoms with van der Waals surface area (Å²) in [6, 6.07) is 8.98. The molecule has 7 nitrogen and oxygen atoms in total. The zero-order valence-electron chi connectivity index (χ0n) is 20.2. The second-order valence-electron chi connectivity index (χ2n) is 8.02. The fraction of sp³-hybridized carbons (Fsp3) is 0.500. The largest absolute Gasteiger partial charge is 0.514 e. The van der Waals surface area contributed by atoms with E-state index in [0.717, 1.165) is 64.5 Å². The topological polar surface area (TPSA) is 105 Å². The second kappa shape index (κ2) is 16.4. The Morgan fingerprint density at radius 1 is 1.06 bits per heavy atom. The third kappa shape index (κ3) is 9.40. The number of nitrogens with one attached hydrogen (secondary N) is 2. The molecule has 0 aliphatic carbocycles. The predicted molar refractivity (Wildman–Crippen MR) is 132 cm³/mol. The van der Waals surface area contributed by atoms with Gasteiger partial charge in [0.1, 0.15) is 6.07 Å². The van der Waals surface area contributed by atoms with Crippen LogP contribution in [0.4, 0.5) is 5.69 Å². The van der Waals surface area contributed by atoms with Crippen molar-refractivity contribution in [1.82, 2.24) is 10.3 Å². The third-order valence-electron chi connectivity index (χ3n) is 5.52. The lowest BCUT2D eigenvalue weighted by Gasteiger charge is -2.24. The van der Waals surface area contributed by atoms with Gasteiger partial charge in [0.2, 0.25) is 0 Å². The van der Waals surface area contributed by atoms with Crippen LogP contribution >= 0.6 is 0 Å². The number of carbonyl (C=O) groups is 2. The predicted octanol–water partition coefficient (Wildman–Crippen LogP) is 5.64. The van der Waals surface area contributed by atoms with Crippen LogP contribution < -0.4 is 10.9 Å². The highest BCUT2D eigenvalue weighted by atomic mass is 16.2. The number of allylic oxidation sites excluding steroid dienone is 3. The number of hydrogen-bond acceptors (Lipinski definition) is 6. The molecule has 0 spiro atoms. The summed E-state index contributed by atoms with van der Waals surface area (Å²) in [7, 11) is 0. The SMILES string of the molecule is CCCCCCN(CCCCCC)C(=O)c1ccccc1NNC(C=O)=C(C)C(C#N)=CO. The molecule has 0 aliphatic rings. The lowest BCUT2D eigenvalue weighted by Crippen LogP contribution is -2.34. The van der Waals surface area contributed by atoms with E-state index in [1.54, 1.807) is 25.1 Å². The maximum Gasteiger partial charge on any atom is 0.256 e. The van der Waals surface area contributed by atoms with E-state index >= 15 is 0 Å². The number of nitrogens with zero attached hydrogens (tertiary/aromatic N) is 2. The summed E-state index contributed by atoms with van der Waals surface area (Å²) in [4.78, 5) is 26.9. The summed E-state index contributed by atoms with van der Waals surface area (Å²) in [5.74, 6) is -0.0470. The van der Waals surface area contributed by atoms with E-state index in [4.69, 9.17) is 5.26 Å². The lowest BCUT2D eigenvalue weighted by molar-refractivity contribution is -0.105. The van der Waals surface area contributed by atoms with Crippen molar-refractivity contribution >= 4 is 17.9 Å². The Kier molecular flexibility index (Phi) is 13.8. The molecular formula is C26H38N4O3. The summed E-state index contributed by atoms with van der Waals surface area (Å²) in [6.45, 7) is 7.33. The van der Waals surface area contributed by atoms with Crippen LogP contribution in [0.5, 0.6) is 0 Å². The first kappa shape index (κ1) is 27.8. The number of unbranched alkanes of at least 4 members (excludes halogenated alkanes) is 6. The average Bonchev–Trinajstić information content (AvgIpc) is 2.84. The van der Waals surface area contributed by atoms with E-state index in [0.29, 0.717) is 29.4 Å². The standard InChI is InChI=1S/C26H38N4O3/c1-4-6-8-12-16-30(17-13-9-7-5-2)26(33)23-14-10-11-15-24(23)28-29-25(20-32)21(3)22(18-27)19-31/h10-11,14-15,19-20,28-29,31H,4-9,12-13,16-17H2,1-3H3. The molecule has 1 aromatic carbocycles. The molecule has 0 heterocycles. The summed E-state index contributed by atoms with van der Waals surface area (Å²) in [5, 5.41) is 18.3. The third-order valence-corrected chi connectivity index (χ3v) is 5.52. The molecule has 0 radical (unpaired) electrons. The van der Waals surface area contributed by atoms with Crippen molar-refractivity contribution in [2.24, 2.45) is 0 Å². The highest BCUT2D eigenvalue weighted by Crippen LogP contribution is 2.19. The molecule has 0 saturated heterocycles. The van der Waals surface area contributed by atoms with Gasteiger partial charge in [-0.1, -0.05) is 64.5 Å². The number of nitriles is 1. The number of amides is 1. The first-order chi connectivity index (χ1) is 16.0. The van der Waals surface area contributed by atoms with Gasteiger partial charge < -0.3 is 10.0 Å². The molecule has 0 saturated carbocycles. The maximum absolute atomic E-state index is 13.4. The number of hydrazine groups is 1. The second-order valence-corrected chi connectivity index (χ2v) is 8.02. The molecule has 3 N–H and O–H groups in total. The molecule has 0 bridgehead atoms. The van der Waals surface area contributed by atoms with Crippen molar-refractivity contribution in [3.63, 3.8) is 0 Å². The first-order valence-corrected chi connectivity index (χ1v) is 11.8. The number of carbonyl (C=O) groups excluding carboxylic acids is 2. The van der Waals surface area contributed by atoms with Gasteiger partial charge in [-0.25, -0.2) is 0 Å². The fourth-order valence-electron chi connectivity index (χ4n) is 3.42. The van der Waals surface area contributed by atoms with Crippen LogP contribution in [-0.4, -0.2) is 35.3 Å². The zero-order valence-corrected chi connectivity index (χ0v) is 20.2. The number of hydrogen-bond donors (Lipinski definition) is 3. The molecule has 33 heavy (non-hydrogen) atoms. The minimum Gasteiger partial charge on any atom is -0.514 e. The van der Waals surface area contributed by atoms with Gasteiger partial charge in [0.05, 0.1) is 28.8 Å². The number of aliphatic hydroxyl groups is 1. The number of aliphatic hydroxyl groups excluding tert-OH is 1. The van der Waals surface area contributed by atoms with Crippen LogP contribution in [-0.2, 0) is 4.79 Å². The van der Waals surface area contributed by atoms with Crippen LogP contribution in [0, 0.1) is 11.3 Å². The lowest BCUT2D eigenvalue weighted by atomic mass is 10.1. The summed E-state index contributed by atoms with van der Waals surface area (Å²) >= 11 is 0. The van der Waals surface area contributed by atoms with Crippen molar-refractivity contribution in [3.8, 4) is 6.07 Å². The van der Waals surface area contributed by atoms with Gasteiger partial charge >= 0.3 is 0 Å². The van der Waals surface area contributed by atoms with Gasteiger partial charge in [-0.3, -0.25) is 20.4 Å². The smallest absolute Gasteiger partial charge is 0.256 e. The molecule has 0 fully saturated rings. The highest BCUT2D eigenvalue weighted by Gasteiger charge is 2.19. The molecule has 7 heteroatoms. The van der Waals surface area contributed by atoms with Gasteiger partial charge in [0, 0.05) is 13.1 Å². The van der Waals surface area contributed by atoms with Gasteiger partial charge in [-0.2, -0.15) is 5.26 Å². The molecule has 1 aromatic rings. The number of benzene rings is 1. The Bertz CT molecular complexity index is 843. The molecule has 0 atom stereocenters. The van der Waals surface area contributed by atoms with E-state index in [2.05, 4.69) is 24.7 Å². The van der Waals surface area contributed by atoms with E-state index in [1.165, 1.54) is 0 Å². The fourth-order valence-corrected chi connectivity index (χ4v) is 3.42. The minimum absolute atomic E-state index is 0.0268. The van der Waals surface area contributed by atoms with Crippen molar-refractivity contribution in [2.45, 2.75) is 72.1 Å². The van der Waals surface area contributed by atoms with Crippen molar-refractivity contribution in [2.75, 3.05) is 18.5 Å². The normalized spacial score (nSPS) is 11.9. The maximum atomic E-state index is 13.4. The molecule has 0 aliphatic heterocycles. The first-order valence-electron chi connectivity index (χ1n) is 11.8. The summed E-state index contributed by atoms with van der Waals surface area (Å²) < 4.78 is 0. The van der Waals surface area contributed by atoms with Gasteiger partial charge in [-0.15, -0.1) is 0 Å². The summed E-state index contributed by atoms with van der Waals surface area (Å²) in [5.41, 5.74) is 7.11. The van der Waals surface area contributed by atoms with Crippen molar-refractivity contribution in [1.29, 1.82) is 5.26 Å². The highest BCUT2D eigenvalue weighted by molar-refractivity contribution is 5.99. The molecule has 0 unspecified atom stereocenters. The number of rotatable bonds is 16. The van der Waals surface area contributed by atoms with E-state index < -0.39 is 0 Å². The summed E-state index contributed by atoms with van der Waals surface area (Å²) in [6.07, 6.45) is 9.98. The molecular weight excluding hydrogens is 416 g/mol. The van der Waals surface area contributed by atoms with Gasteiger partial charge in [-0.05, 0) is 37.5 Å². The Morgan fingerprint density at radius 3 is 2.18 bits per heavy atom. The Hall–Kier alpha value is -3.27. The average molecular weight is 455 g/mol. The number of anilines is 1. The zero-order chi connectivity index (χ0) is 24.5. The van der Waals surface area contributed by atoms with Crippen molar-refractivity contribution in [3.05, 3.63) is 52.9 Å². The van der Waals surface area contributed by atoms with Crippen LogP contribution in [0.1, 0.15) is 82.5 Å². The van der Waals surface area contributed by atoms with E-state index in [1.807, 2.05) is 17.0 Å². The Balaban J connectivity index is 3.03.